The number of carbonyl (C=O) groups is 2. The highest BCUT2D eigenvalue weighted by Gasteiger charge is 2.35. The summed E-state index contributed by atoms with van der Waals surface area (Å²) in [6, 6.07) is 24.3. The Morgan fingerprint density at radius 1 is 0.898 bits per heavy atom. The number of fused-ring (bicyclic) bond motifs is 1. The average molecular weight is 690 g/mol. The first kappa shape index (κ1) is 35.2. The summed E-state index contributed by atoms with van der Waals surface area (Å²) in [4.78, 5) is 29.9. The monoisotopic (exact) mass is 689 g/mol. The molecule has 0 unspecified atom stereocenters. The molecule has 0 bridgehead atoms. The number of hydrogen-bond acceptors (Lipinski definition) is 7. The minimum absolute atomic E-state index is 0.0250. The van der Waals surface area contributed by atoms with Crippen molar-refractivity contribution in [2.75, 3.05) is 31.2 Å². The van der Waals surface area contributed by atoms with Crippen molar-refractivity contribution in [3.63, 3.8) is 0 Å². The van der Waals surface area contributed by atoms with Crippen molar-refractivity contribution in [3.05, 3.63) is 114 Å². The molecular weight excluding hydrogens is 649 g/mol. The van der Waals surface area contributed by atoms with E-state index in [4.69, 9.17) is 14.2 Å². The van der Waals surface area contributed by atoms with Crippen LogP contribution in [0.5, 0.6) is 17.2 Å². The molecular formula is C37H40FN3O7S. The van der Waals surface area contributed by atoms with Crippen LogP contribution in [0.1, 0.15) is 31.4 Å². The van der Waals surface area contributed by atoms with Gasteiger partial charge in [-0.3, -0.25) is 13.9 Å². The first-order valence-electron chi connectivity index (χ1n) is 16.0. The van der Waals surface area contributed by atoms with Crippen LogP contribution >= 0.6 is 0 Å². The minimum Gasteiger partial charge on any atom is -0.497 e. The highest BCUT2D eigenvalue weighted by atomic mass is 32.2. The van der Waals surface area contributed by atoms with Gasteiger partial charge >= 0.3 is 0 Å². The van der Waals surface area contributed by atoms with Gasteiger partial charge in [0.2, 0.25) is 11.8 Å². The Labute approximate surface area is 286 Å². The van der Waals surface area contributed by atoms with Crippen molar-refractivity contribution >= 4 is 27.5 Å². The lowest BCUT2D eigenvalue weighted by molar-refractivity contribution is -0.140. The molecule has 4 aromatic rings. The third kappa shape index (κ3) is 8.69. The highest BCUT2D eigenvalue weighted by molar-refractivity contribution is 7.92. The molecule has 0 saturated carbocycles. The van der Waals surface area contributed by atoms with Gasteiger partial charge in [0.25, 0.3) is 10.0 Å². The number of sulfonamides is 1. The standard InChI is InChI=1S/C37H40FN3O7S/c1-4-26(2)39-37(43)33(22-27-9-6-5-7-10-27)40(24-28-11-8-12-31(21-28)46-3)36(42)25-41(30-15-13-29(38)14-16-30)49(44,45)32-17-18-34-35(23-32)48-20-19-47-34/h5-18,21,23,26,33H,4,19-20,22,24-25H2,1-3H3,(H,39,43)/t26-,33+/m1/s1. The number of nitrogens with zero attached hydrogens (tertiary/aromatic N) is 2. The molecule has 1 N–H and O–H groups in total. The van der Waals surface area contributed by atoms with E-state index in [-0.39, 0.29) is 47.9 Å². The van der Waals surface area contributed by atoms with Crippen LogP contribution in [0.3, 0.4) is 0 Å². The molecule has 0 radical (unpaired) electrons. The fourth-order valence-electron chi connectivity index (χ4n) is 5.41. The van der Waals surface area contributed by atoms with E-state index in [1.165, 1.54) is 42.3 Å². The molecule has 0 fully saturated rings. The SMILES string of the molecule is CC[C@@H](C)NC(=O)[C@H](Cc1ccccc1)N(Cc1cccc(OC)c1)C(=O)CN(c1ccc(F)cc1)S(=O)(=O)c1ccc2c(c1)OCCO2. The quantitative estimate of drug-likeness (QED) is 0.190. The van der Waals surface area contributed by atoms with Gasteiger partial charge in [-0.15, -0.1) is 0 Å². The maximum Gasteiger partial charge on any atom is 0.264 e. The van der Waals surface area contributed by atoms with Crippen LogP contribution < -0.4 is 23.8 Å². The summed E-state index contributed by atoms with van der Waals surface area (Å²) in [5.41, 5.74) is 1.55. The molecule has 10 nitrogen and oxygen atoms in total. The molecule has 0 spiro atoms. The fraction of sp³-hybridized carbons (Fsp3) is 0.297. The zero-order chi connectivity index (χ0) is 35.0. The van der Waals surface area contributed by atoms with Crippen LogP contribution in [0.4, 0.5) is 10.1 Å². The van der Waals surface area contributed by atoms with Gasteiger partial charge in [-0.1, -0.05) is 49.4 Å². The first-order chi connectivity index (χ1) is 23.6. The van der Waals surface area contributed by atoms with E-state index in [9.17, 15) is 22.4 Å². The third-order valence-corrected chi connectivity index (χ3v) is 10.0. The molecule has 49 heavy (non-hydrogen) atoms. The predicted octanol–water partition coefficient (Wildman–Crippen LogP) is 5.36. The van der Waals surface area contributed by atoms with E-state index in [1.807, 2.05) is 44.2 Å². The van der Waals surface area contributed by atoms with Gasteiger partial charge in [-0.2, -0.15) is 0 Å². The van der Waals surface area contributed by atoms with Crippen molar-refractivity contribution in [3.8, 4) is 17.2 Å². The smallest absolute Gasteiger partial charge is 0.264 e. The summed E-state index contributed by atoms with van der Waals surface area (Å²) in [5, 5.41) is 3.01. The molecule has 1 aliphatic heterocycles. The first-order valence-corrected chi connectivity index (χ1v) is 17.5. The maximum atomic E-state index is 14.6. The number of benzene rings is 4. The van der Waals surface area contributed by atoms with Gasteiger partial charge < -0.3 is 24.4 Å². The van der Waals surface area contributed by atoms with Crippen molar-refractivity contribution < 1.29 is 36.6 Å². The molecule has 1 heterocycles. The van der Waals surface area contributed by atoms with Gasteiger partial charge in [0, 0.05) is 25.1 Å². The number of ether oxygens (including phenoxy) is 3. The number of amides is 2. The Morgan fingerprint density at radius 2 is 1.59 bits per heavy atom. The Kier molecular flexibility index (Phi) is 11.4. The predicted molar refractivity (Wildman–Crippen MR) is 184 cm³/mol. The maximum absolute atomic E-state index is 14.6. The number of halogens is 1. The molecule has 0 aromatic heterocycles. The Morgan fingerprint density at radius 3 is 2.29 bits per heavy atom. The van der Waals surface area contributed by atoms with Crippen LogP contribution in [0.2, 0.25) is 0 Å². The molecule has 258 valence electrons. The summed E-state index contributed by atoms with van der Waals surface area (Å²) in [5.74, 6) is -0.387. The second-order valence-electron chi connectivity index (χ2n) is 11.7. The zero-order valence-electron chi connectivity index (χ0n) is 27.7. The number of methoxy groups -OCH3 is 1. The molecule has 12 heteroatoms. The number of hydrogen-bond donors (Lipinski definition) is 1. The molecule has 2 atom stereocenters. The summed E-state index contributed by atoms with van der Waals surface area (Å²) >= 11 is 0. The van der Waals surface area contributed by atoms with E-state index < -0.39 is 34.3 Å². The number of nitrogens with one attached hydrogen (secondary N) is 1. The lowest BCUT2D eigenvalue weighted by Gasteiger charge is -2.34. The summed E-state index contributed by atoms with van der Waals surface area (Å²) in [6.45, 7) is 3.68. The molecule has 0 aliphatic carbocycles. The highest BCUT2D eigenvalue weighted by Crippen LogP contribution is 2.34. The van der Waals surface area contributed by atoms with Gasteiger partial charge in [0.1, 0.15) is 37.4 Å². The van der Waals surface area contributed by atoms with Crippen molar-refractivity contribution in [2.24, 2.45) is 0 Å². The fourth-order valence-corrected chi connectivity index (χ4v) is 6.84. The Balaban J connectivity index is 1.58. The van der Waals surface area contributed by atoms with Crippen LogP contribution in [0, 0.1) is 5.82 Å². The zero-order valence-corrected chi connectivity index (χ0v) is 28.5. The largest absolute Gasteiger partial charge is 0.497 e. The van der Waals surface area contributed by atoms with E-state index in [0.29, 0.717) is 30.1 Å². The number of anilines is 1. The topological polar surface area (TPSA) is 114 Å². The lowest BCUT2D eigenvalue weighted by atomic mass is 10.0. The van der Waals surface area contributed by atoms with Crippen molar-refractivity contribution in [1.29, 1.82) is 0 Å². The van der Waals surface area contributed by atoms with Gasteiger partial charge in [-0.25, -0.2) is 12.8 Å². The third-order valence-electron chi connectivity index (χ3n) is 8.25. The van der Waals surface area contributed by atoms with Gasteiger partial charge in [-0.05, 0) is 73.0 Å². The minimum atomic E-state index is -4.43. The average Bonchev–Trinajstić information content (AvgIpc) is 3.12. The van der Waals surface area contributed by atoms with E-state index >= 15 is 0 Å². The number of rotatable bonds is 14. The second kappa shape index (κ2) is 15.9. The lowest BCUT2D eigenvalue weighted by Crippen LogP contribution is -2.54. The van der Waals surface area contributed by atoms with Gasteiger partial charge in [0.05, 0.1) is 17.7 Å². The summed E-state index contributed by atoms with van der Waals surface area (Å²) in [6.07, 6.45) is 0.837. The Hall–Kier alpha value is -5.10. The molecule has 2 amide bonds. The molecule has 0 saturated heterocycles. The summed E-state index contributed by atoms with van der Waals surface area (Å²) in [7, 11) is -2.90. The van der Waals surface area contributed by atoms with Crippen molar-refractivity contribution in [2.45, 2.75) is 50.2 Å². The van der Waals surface area contributed by atoms with Crippen LogP contribution in [0.25, 0.3) is 0 Å². The van der Waals surface area contributed by atoms with E-state index in [0.717, 1.165) is 22.0 Å². The molecule has 5 rings (SSSR count). The molecule has 4 aromatic carbocycles. The normalized spacial score (nSPS) is 13.6. The van der Waals surface area contributed by atoms with Crippen LogP contribution in [-0.2, 0) is 32.6 Å². The Bertz CT molecular complexity index is 1860. The van der Waals surface area contributed by atoms with E-state index in [2.05, 4.69) is 5.32 Å². The second-order valence-corrected chi connectivity index (χ2v) is 13.6. The number of carbonyl (C=O) groups excluding carboxylic acids is 2. The molecule has 1 aliphatic rings. The van der Waals surface area contributed by atoms with Crippen LogP contribution in [0.15, 0.2) is 102 Å². The van der Waals surface area contributed by atoms with Gasteiger partial charge in [0.15, 0.2) is 11.5 Å². The van der Waals surface area contributed by atoms with Crippen LogP contribution in [-0.4, -0.2) is 64.1 Å². The van der Waals surface area contributed by atoms with E-state index in [1.54, 1.807) is 24.3 Å². The van der Waals surface area contributed by atoms with Crippen molar-refractivity contribution in [1.82, 2.24) is 10.2 Å². The summed E-state index contributed by atoms with van der Waals surface area (Å²) < 4.78 is 60.3.